The van der Waals surface area contributed by atoms with Crippen LogP contribution in [0.25, 0.3) is 22.1 Å². The highest BCUT2D eigenvalue weighted by Gasteiger charge is 2.24. The molecule has 0 aliphatic rings. The number of primary amides is 1. The van der Waals surface area contributed by atoms with Crippen LogP contribution in [-0.2, 0) is 4.79 Å². The fourth-order valence-corrected chi connectivity index (χ4v) is 2.76. The molecule has 25 heavy (non-hydrogen) atoms. The highest BCUT2D eigenvalue weighted by atomic mass is 16.4. The Morgan fingerprint density at radius 2 is 1.80 bits per heavy atom. The molecule has 1 aromatic heterocycles. The first-order valence-corrected chi connectivity index (χ1v) is 8.00. The zero-order valence-corrected chi connectivity index (χ0v) is 14.4. The number of aryl methyl sites for hydroxylation is 1. The average Bonchev–Trinajstić information content (AvgIpc) is 2.53. The fraction of sp³-hybridized carbons (Fsp3) is 0.200. The van der Waals surface area contributed by atoms with Crippen LogP contribution in [0.1, 0.15) is 19.4 Å². The average molecular weight is 336 g/mol. The van der Waals surface area contributed by atoms with Crippen LogP contribution < -0.4 is 16.7 Å². The van der Waals surface area contributed by atoms with Gasteiger partial charge in [0.1, 0.15) is 11.1 Å². The Morgan fingerprint density at radius 3 is 2.48 bits per heavy atom. The number of benzene rings is 2. The van der Waals surface area contributed by atoms with Gasteiger partial charge in [-0.1, -0.05) is 24.3 Å². The van der Waals surface area contributed by atoms with Gasteiger partial charge >= 0.3 is 5.63 Å². The molecule has 3 N–H and O–H groups in total. The first-order valence-electron chi connectivity index (χ1n) is 8.00. The molecule has 0 spiro atoms. The van der Waals surface area contributed by atoms with E-state index in [9.17, 15) is 9.59 Å². The van der Waals surface area contributed by atoms with Gasteiger partial charge in [-0.25, -0.2) is 4.79 Å². The van der Waals surface area contributed by atoms with E-state index in [1.165, 1.54) is 6.07 Å². The molecule has 1 amide bonds. The van der Waals surface area contributed by atoms with Crippen molar-refractivity contribution in [1.82, 2.24) is 0 Å². The number of carbonyl (C=O) groups excluding carboxylic acids is 1. The number of amides is 1. The molecule has 0 unspecified atom stereocenters. The Hall–Kier alpha value is -3.08. The van der Waals surface area contributed by atoms with E-state index < -0.39 is 17.1 Å². The second-order valence-electron chi connectivity index (χ2n) is 6.62. The Kier molecular flexibility index (Phi) is 4.08. The summed E-state index contributed by atoms with van der Waals surface area (Å²) >= 11 is 0. The summed E-state index contributed by atoms with van der Waals surface area (Å²) in [4.78, 5) is 23.5. The van der Waals surface area contributed by atoms with E-state index in [4.69, 9.17) is 10.2 Å². The smallest absolute Gasteiger partial charge is 0.336 e. The lowest BCUT2D eigenvalue weighted by Gasteiger charge is -2.23. The van der Waals surface area contributed by atoms with Gasteiger partial charge in [0, 0.05) is 28.8 Å². The molecule has 1 heterocycles. The van der Waals surface area contributed by atoms with Crippen LogP contribution in [0.2, 0.25) is 0 Å². The minimum Gasteiger partial charge on any atom is -0.423 e. The van der Waals surface area contributed by atoms with Gasteiger partial charge in [0.05, 0.1) is 0 Å². The summed E-state index contributed by atoms with van der Waals surface area (Å²) in [5.74, 6) is -0.470. The fourth-order valence-electron chi connectivity index (χ4n) is 2.76. The van der Waals surface area contributed by atoms with E-state index in [1.807, 2.05) is 43.3 Å². The number of fused-ring (bicyclic) bond motifs is 1. The van der Waals surface area contributed by atoms with Crippen LogP contribution in [0, 0.1) is 6.92 Å². The molecule has 0 fully saturated rings. The van der Waals surface area contributed by atoms with Gasteiger partial charge < -0.3 is 15.5 Å². The van der Waals surface area contributed by atoms with Crippen LogP contribution in [0.5, 0.6) is 0 Å². The van der Waals surface area contributed by atoms with Crippen LogP contribution in [-0.4, -0.2) is 11.4 Å². The molecule has 3 aromatic rings. The van der Waals surface area contributed by atoms with E-state index >= 15 is 0 Å². The molecule has 0 bridgehead atoms. The summed E-state index contributed by atoms with van der Waals surface area (Å²) < 4.78 is 5.37. The van der Waals surface area contributed by atoms with Crippen molar-refractivity contribution in [1.29, 1.82) is 0 Å². The molecule has 0 saturated carbocycles. The Balaban J connectivity index is 2.15. The third kappa shape index (κ3) is 3.26. The van der Waals surface area contributed by atoms with Crippen LogP contribution in [0.4, 0.5) is 5.69 Å². The second-order valence-corrected chi connectivity index (χ2v) is 6.62. The minimum atomic E-state index is -0.915. The Labute approximate surface area is 145 Å². The maximum atomic E-state index is 12.0. The SMILES string of the molecule is Cc1ccccc1-c1cc(=O)oc2cc(NC(C)(C)C(N)=O)ccc12. The van der Waals surface area contributed by atoms with Crippen LogP contribution in [0.3, 0.4) is 0 Å². The molecular weight excluding hydrogens is 316 g/mol. The molecule has 0 aliphatic heterocycles. The van der Waals surface area contributed by atoms with Crippen molar-refractivity contribution < 1.29 is 9.21 Å². The second kappa shape index (κ2) is 6.09. The number of carbonyl (C=O) groups is 1. The summed E-state index contributed by atoms with van der Waals surface area (Å²) in [5.41, 5.74) is 8.06. The van der Waals surface area contributed by atoms with Crippen molar-refractivity contribution in [3.8, 4) is 11.1 Å². The molecule has 5 heteroatoms. The Morgan fingerprint density at radius 1 is 1.08 bits per heavy atom. The van der Waals surface area contributed by atoms with Gasteiger partial charge in [-0.3, -0.25) is 4.79 Å². The van der Waals surface area contributed by atoms with E-state index in [-0.39, 0.29) is 0 Å². The predicted octanol–water partition coefficient (Wildman–Crippen LogP) is 3.44. The number of hydrogen-bond acceptors (Lipinski definition) is 4. The standard InChI is InChI=1S/C20H20N2O3/c1-12-6-4-5-7-14(12)16-11-18(23)25-17-10-13(8-9-15(16)17)22-20(2,3)19(21)24/h4-11,22H,1-3H3,(H2,21,24). The summed E-state index contributed by atoms with van der Waals surface area (Å²) in [6, 6.07) is 14.8. The molecule has 128 valence electrons. The molecule has 0 saturated heterocycles. The monoisotopic (exact) mass is 336 g/mol. The molecule has 0 atom stereocenters. The minimum absolute atomic E-state index is 0.419. The topological polar surface area (TPSA) is 85.3 Å². The highest BCUT2D eigenvalue weighted by molar-refractivity contribution is 5.96. The zero-order chi connectivity index (χ0) is 18.2. The van der Waals surface area contributed by atoms with Gasteiger partial charge in [0.2, 0.25) is 5.91 Å². The number of anilines is 1. The van der Waals surface area contributed by atoms with Crippen molar-refractivity contribution in [3.63, 3.8) is 0 Å². The summed E-state index contributed by atoms with van der Waals surface area (Å²) in [5, 5.41) is 3.89. The Bertz CT molecular complexity index is 1020. The summed E-state index contributed by atoms with van der Waals surface area (Å²) in [6.07, 6.45) is 0. The molecular formula is C20H20N2O3. The van der Waals surface area contributed by atoms with E-state index in [1.54, 1.807) is 19.9 Å². The summed E-state index contributed by atoms with van der Waals surface area (Å²) in [6.45, 7) is 5.39. The quantitative estimate of drug-likeness (QED) is 0.715. The lowest BCUT2D eigenvalue weighted by molar-refractivity contribution is -0.121. The lowest BCUT2D eigenvalue weighted by Crippen LogP contribution is -2.44. The zero-order valence-electron chi connectivity index (χ0n) is 14.4. The largest absolute Gasteiger partial charge is 0.423 e. The van der Waals surface area contributed by atoms with E-state index in [0.29, 0.717) is 11.3 Å². The van der Waals surface area contributed by atoms with Gasteiger partial charge in [-0.2, -0.15) is 0 Å². The van der Waals surface area contributed by atoms with Crippen molar-refractivity contribution in [2.75, 3.05) is 5.32 Å². The lowest BCUT2D eigenvalue weighted by atomic mass is 9.97. The number of nitrogens with two attached hydrogens (primary N) is 1. The van der Waals surface area contributed by atoms with Crippen molar-refractivity contribution in [3.05, 3.63) is 64.5 Å². The van der Waals surface area contributed by atoms with Gasteiger partial charge in [0.15, 0.2) is 0 Å². The first kappa shape index (κ1) is 16.8. The predicted molar refractivity (Wildman–Crippen MR) is 99.6 cm³/mol. The van der Waals surface area contributed by atoms with E-state index in [2.05, 4.69) is 5.32 Å². The van der Waals surface area contributed by atoms with Crippen molar-refractivity contribution in [2.45, 2.75) is 26.3 Å². The molecule has 5 nitrogen and oxygen atoms in total. The number of rotatable bonds is 4. The third-order valence-electron chi connectivity index (χ3n) is 4.25. The maximum Gasteiger partial charge on any atom is 0.336 e. The van der Waals surface area contributed by atoms with Crippen LogP contribution >= 0.6 is 0 Å². The van der Waals surface area contributed by atoms with E-state index in [0.717, 1.165) is 22.1 Å². The van der Waals surface area contributed by atoms with Crippen molar-refractivity contribution in [2.24, 2.45) is 5.73 Å². The van der Waals surface area contributed by atoms with Gasteiger partial charge in [-0.15, -0.1) is 0 Å². The molecule has 0 radical (unpaired) electrons. The number of hydrogen-bond donors (Lipinski definition) is 2. The molecule has 0 aliphatic carbocycles. The van der Waals surface area contributed by atoms with Gasteiger partial charge in [-0.05, 0) is 44.0 Å². The molecule has 3 rings (SSSR count). The number of nitrogens with one attached hydrogen (secondary N) is 1. The highest BCUT2D eigenvalue weighted by Crippen LogP contribution is 2.31. The van der Waals surface area contributed by atoms with Crippen LogP contribution in [0.15, 0.2) is 57.7 Å². The molecule has 2 aromatic carbocycles. The summed E-state index contributed by atoms with van der Waals surface area (Å²) in [7, 11) is 0. The third-order valence-corrected chi connectivity index (χ3v) is 4.25. The van der Waals surface area contributed by atoms with Gasteiger partial charge in [0.25, 0.3) is 0 Å². The normalized spacial score (nSPS) is 11.5. The maximum absolute atomic E-state index is 12.0. The first-order chi connectivity index (χ1) is 11.8. The van der Waals surface area contributed by atoms with Crippen molar-refractivity contribution >= 4 is 22.6 Å².